The summed E-state index contributed by atoms with van der Waals surface area (Å²) in [5.74, 6) is 0.312. The van der Waals surface area contributed by atoms with Gasteiger partial charge in [0, 0.05) is 0 Å². The first kappa shape index (κ1) is 13.4. The zero-order valence-corrected chi connectivity index (χ0v) is 11.3. The minimum atomic E-state index is 0.312. The Labute approximate surface area is 115 Å². The monoisotopic (exact) mass is 252 g/mol. The van der Waals surface area contributed by atoms with Crippen molar-refractivity contribution in [1.82, 2.24) is 0 Å². The Morgan fingerprint density at radius 2 is 1.68 bits per heavy atom. The molecule has 2 aromatic carbocycles. The summed E-state index contributed by atoms with van der Waals surface area (Å²) in [5.41, 5.74) is 3.77. The van der Waals surface area contributed by atoms with Gasteiger partial charge < -0.3 is 5.11 Å². The maximum atomic E-state index is 9.33. The molecule has 0 aliphatic heterocycles. The van der Waals surface area contributed by atoms with Gasteiger partial charge in [-0.25, -0.2) is 0 Å². The SMILES string of the molecule is CCCCC(=Cc1ccc(O)cc1)c1ccccc1. The third-order valence-electron chi connectivity index (χ3n) is 3.18. The molecular weight excluding hydrogens is 232 g/mol. The molecule has 0 saturated carbocycles. The second kappa shape index (κ2) is 6.79. The smallest absolute Gasteiger partial charge is 0.115 e. The second-order valence-electron chi connectivity index (χ2n) is 4.73. The predicted molar refractivity (Wildman–Crippen MR) is 81.9 cm³/mol. The predicted octanol–water partition coefficient (Wildman–Crippen LogP) is 5.12. The number of aromatic hydroxyl groups is 1. The van der Waals surface area contributed by atoms with Crippen molar-refractivity contribution in [3.05, 3.63) is 65.7 Å². The minimum absolute atomic E-state index is 0.312. The van der Waals surface area contributed by atoms with Crippen LogP contribution in [-0.4, -0.2) is 5.11 Å². The molecule has 1 N–H and O–H groups in total. The van der Waals surface area contributed by atoms with Crippen molar-refractivity contribution >= 4 is 11.6 Å². The maximum absolute atomic E-state index is 9.33. The van der Waals surface area contributed by atoms with E-state index in [1.807, 2.05) is 18.2 Å². The van der Waals surface area contributed by atoms with Crippen LogP contribution in [0.25, 0.3) is 11.6 Å². The summed E-state index contributed by atoms with van der Waals surface area (Å²) in [6.07, 6.45) is 5.68. The maximum Gasteiger partial charge on any atom is 0.115 e. The van der Waals surface area contributed by atoms with Gasteiger partial charge in [0.25, 0.3) is 0 Å². The van der Waals surface area contributed by atoms with E-state index < -0.39 is 0 Å². The molecule has 0 aliphatic carbocycles. The van der Waals surface area contributed by atoms with Crippen molar-refractivity contribution < 1.29 is 5.11 Å². The number of allylic oxidation sites excluding steroid dienone is 1. The van der Waals surface area contributed by atoms with E-state index in [-0.39, 0.29) is 0 Å². The molecule has 0 radical (unpaired) electrons. The summed E-state index contributed by atoms with van der Waals surface area (Å²) in [4.78, 5) is 0. The van der Waals surface area contributed by atoms with Crippen LogP contribution in [-0.2, 0) is 0 Å². The van der Waals surface area contributed by atoms with Crippen molar-refractivity contribution in [2.75, 3.05) is 0 Å². The molecule has 0 amide bonds. The lowest BCUT2D eigenvalue weighted by Gasteiger charge is -2.08. The molecule has 1 nitrogen and oxygen atoms in total. The van der Waals surface area contributed by atoms with Crippen LogP contribution < -0.4 is 0 Å². The fraction of sp³-hybridized carbons (Fsp3) is 0.222. The van der Waals surface area contributed by atoms with Crippen molar-refractivity contribution in [3.8, 4) is 5.75 Å². The lowest BCUT2D eigenvalue weighted by atomic mass is 9.98. The highest BCUT2D eigenvalue weighted by Gasteiger charge is 2.01. The van der Waals surface area contributed by atoms with Crippen LogP contribution in [0.1, 0.15) is 37.3 Å². The number of hydrogen-bond acceptors (Lipinski definition) is 1. The molecule has 2 aromatic rings. The van der Waals surface area contributed by atoms with Crippen LogP contribution in [0.5, 0.6) is 5.75 Å². The van der Waals surface area contributed by atoms with Gasteiger partial charge in [-0.05, 0) is 41.7 Å². The summed E-state index contributed by atoms with van der Waals surface area (Å²) in [6, 6.07) is 17.9. The number of hydrogen-bond donors (Lipinski definition) is 1. The fourth-order valence-corrected chi connectivity index (χ4v) is 2.09. The van der Waals surface area contributed by atoms with Crippen molar-refractivity contribution in [1.29, 1.82) is 0 Å². The molecule has 0 bridgehead atoms. The first-order valence-electron chi connectivity index (χ1n) is 6.84. The Bertz CT molecular complexity index is 523. The topological polar surface area (TPSA) is 20.2 Å². The van der Waals surface area contributed by atoms with E-state index in [1.165, 1.54) is 24.0 Å². The van der Waals surface area contributed by atoms with Gasteiger partial charge in [0.2, 0.25) is 0 Å². The molecule has 0 heterocycles. The van der Waals surface area contributed by atoms with E-state index in [0.29, 0.717) is 5.75 Å². The minimum Gasteiger partial charge on any atom is -0.508 e. The van der Waals surface area contributed by atoms with Gasteiger partial charge in [0.05, 0.1) is 0 Å². The number of phenols is 1. The fourth-order valence-electron chi connectivity index (χ4n) is 2.09. The van der Waals surface area contributed by atoms with Gasteiger partial charge in [-0.2, -0.15) is 0 Å². The lowest BCUT2D eigenvalue weighted by molar-refractivity contribution is 0.475. The second-order valence-corrected chi connectivity index (χ2v) is 4.73. The van der Waals surface area contributed by atoms with Crippen LogP contribution >= 0.6 is 0 Å². The zero-order chi connectivity index (χ0) is 13.5. The lowest BCUT2D eigenvalue weighted by Crippen LogP contribution is -1.85. The third-order valence-corrected chi connectivity index (χ3v) is 3.18. The van der Waals surface area contributed by atoms with E-state index in [0.717, 1.165) is 12.0 Å². The Hall–Kier alpha value is -2.02. The molecule has 0 atom stereocenters. The molecule has 0 fully saturated rings. The van der Waals surface area contributed by atoms with E-state index in [4.69, 9.17) is 0 Å². The first-order chi connectivity index (χ1) is 9.29. The molecule has 2 rings (SSSR count). The van der Waals surface area contributed by atoms with Crippen molar-refractivity contribution in [2.24, 2.45) is 0 Å². The van der Waals surface area contributed by atoms with Crippen LogP contribution in [0.4, 0.5) is 0 Å². The van der Waals surface area contributed by atoms with Crippen LogP contribution in [0.3, 0.4) is 0 Å². The van der Waals surface area contributed by atoms with E-state index in [2.05, 4.69) is 37.3 Å². The molecule has 0 saturated heterocycles. The van der Waals surface area contributed by atoms with Crippen LogP contribution in [0, 0.1) is 0 Å². The van der Waals surface area contributed by atoms with Gasteiger partial charge in [-0.1, -0.05) is 61.9 Å². The largest absolute Gasteiger partial charge is 0.508 e. The molecule has 19 heavy (non-hydrogen) atoms. The van der Waals surface area contributed by atoms with E-state index in [9.17, 15) is 5.11 Å². The van der Waals surface area contributed by atoms with Gasteiger partial charge in [0.15, 0.2) is 0 Å². The molecule has 1 heteroatoms. The molecular formula is C18H20O. The Balaban J connectivity index is 2.29. The average Bonchev–Trinajstić information content (AvgIpc) is 2.46. The Morgan fingerprint density at radius 1 is 1.00 bits per heavy atom. The average molecular weight is 252 g/mol. The van der Waals surface area contributed by atoms with Crippen LogP contribution in [0.2, 0.25) is 0 Å². The Morgan fingerprint density at radius 3 is 2.32 bits per heavy atom. The molecule has 0 aromatic heterocycles. The van der Waals surface area contributed by atoms with Crippen molar-refractivity contribution in [3.63, 3.8) is 0 Å². The molecule has 0 unspecified atom stereocenters. The number of phenolic OH excluding ortho intramolecular Hbond substituents is 1. The summed E-state index contributed by atoms with van der Waals surface area (Å²) in [6.45, 7) is 2.21. The highest BCUT2D eigenvalue weighted by atomic mass is 16.3. The Kier molecular flexibility index (Phi) is 4.79. The summed E-state index contributed by atoms with van der Waals surface area (Å²) < 4.78 is 0. The third kappa shape index (κ3) is 3.99. The van der Waals surface area contributed by atoms with E-state index >= 15 is 0 Å². The standard InChI is InChI=1S/C18H20O/c1-2-3-7-17(16-8-5-4-6-9-16)14-15-10-12-18(19)13-11-15/h4-6,8-14,19H,2-3,7H2,1H3. The van der Waals surface area contributed by atoms with E-state index in [1.54, 1.807) is 12.1 Å². The summed E-state index contributed by atoms with van der Waals surface area (Å²) in [7, 11) is 0. The summed E-state index contributed by atoms with van der Waals surface area (Å²) in [5, 5.41) is 9.33. The van der Waals surface area contributed by atoms with Crippen molar-refractivity contribution in [2.45, 2.75) is 26.2 Å². The first-order valence-corrected chi connectivity index (χ1v) is 6.84. The number of unbranched alkanes of at least 4 members (excludes halogenated alkanes) is 1. The quantitative estimate of drug-likeness (QED) is 0.732. The van der Waals surface area contributed by atoms with Gasteiger partial charge in [0.1, 0.15) is 5.75 Å². The highest BCUT2D eigenvalue weighted by molar-refractivity contribution is 5.81. The highest BCUT2D eigenvalue weighted by Crippen LogP contribution is 2.24. The van der Waals surface area contributed by atoms with Gasteiger partial charge in [-0.15, -0.1) is 0 Å². The number of rotatable bonds is 5. The molecule has 0 aliphatic rings. The van der Waals surface area contributed by atoms with Crippen LogP contribution in [0.15, 0.2) is 54.6 Å². The van der Waals surface area contributed by atoms with Gasteiger partial charge >= 0.3 is 0 Å². The molecule has 98 valence electrons. The zero-order valence-electron chi connectivity index (χ0n) is 11.3. The van der Waals surface area contributed by atoms with Gasteiger partial charge in [-0.3, -0.25) is 0 Å². The molecule has 0 spiro atoms. The summed E-state index contributed by atoms with van der Waals surface area (Å²) >= 11 is 0. The normalized spacial score (nSPS) is 11.5. The number of benzene rings is 2.